The fraction of sp³-hybridized carbons (Fsp3) is 0.125. The SMILES string of the molecule is Cc1cc(-n2cnc(C(=O)O)c2)nc(-c2ccc(C(F)(F)F)cc2)n1. The topological polar surface area (TPSA) is 80.9 Å². The Kier molecular flexibility index (Phi) is 3.99. The van der Waals surface area contributed by atoms with Crippen LogP contribution in [0.15, 0.2) is 42.9 Å². The number of alkyl halides is 3. The zero-order chi connectivity index (χ0) is 18.2. The van der Waals surface area contributed by atoms with Crippen molar-refractivity contribution in [3.8, 4) is 17.2 Å². The molecule has 0 fully saturated rings. The van der Waals surface area contributed by atoms with Gasteiger partial charge in [-0.3, -0.25) is 4.57 Å². The van der Waals surface area contributed by atoms with E-state index in [0.29, 0.717) is 17.1 Å². The summed E-state index contributed by atoms with van der Waals surface area (Å²) in [6.45, 7) is 1.70. The number of aryl methyl sites for hydroxylation is 1. The maximum Gasteiger partial charge on any atom is 0.416 e. The number of halogens is 3. The van der Waals surface area contributed by atoms with Crippen LogP contribution in [0.1, 0.15) is 21.7 Å². The highest BCUT2D eigenvalue weighted by atomic mass is 19.4. The Hall–Kier alpha value is -3.23. The zero-order valence-corrected chi connectivity index (χ0v) is 12.8. The first-order valence-corrected chi connectivity index (χ1v) is 7.05. The van der Waals surface area contributed by atoms with E-state index in [4.69, 9.17) is 5.11 Å². The number of carbonyl (C=O) groups is 1. The van der Waals surface area contributed by atoms with Gasteiger partial charge >= 0.3 is 12.1 Å². The molecular weight excluding hydrogens is 337 g/mol. The molecule has 0 saturated heterocycles. The largest absolute Gasteiger partial charge is 0.476 e. The molecule has 25 heavy (non-hydrogen) atoms. The van der Waals surface area contributed by atoms with Gasteiger partial charge in [-0.25, -0.2) is 19.7 Å². The Morgan fingerprint density at radius 3 is 2.40 bits per heavy atom. The number of hydrogen-bond donors (Lipinski definition) is 1. The Bertz CT molecular complexity index is 933. The molecule has 3 aromatic rings. The van der Waals surface area contributed by atoms with Crippen molar-refractivity contribution < 1.29 is 23.1 Å². The van der Waals surface area contributed by atoms with Crippen molar-refractivity contribution in [3.63, 3.8) is 0 Å². The van der Waals surface area contributed by atoms with Crippen LogP contribution in [-0.2, 0) is 6.18 Å². The Balaban J connectivity index is 2.00. The summed E-state index contributed by atoms with van der Waals surface area (Å²) < 4.78 is 39.4. The molecule has 6 nitrogen and oxygen atoms in total. The van der Waals surface area contributed by atoms with Crippen molar-refractivity contribution in [2.45, 2.75) is 13.1 Å². The van der Waals surface area contributed by atoms with Gasteiger partial charge in [0.25, 0.3) is 0 Å². The van der Waals surface area contributed by atoms with Gasteiger partial charge in [-0.1, -0.05) is 12.1 Å². The lowest BCUT2D eigenvalue weighted by atomic mass is 10.1. The third-order valence-corrected chi connectivity index (χ3v) is 3.38. The molecule has 0 atom stereocenters. The first kappa shape index (κ1) is 16.6. The Morgan fingerprint density at radius 2 is 1.84 bits per heavy atom. The van der Waals surface area contributed by atoms with Crippen LogP contribution in [0.4, 0.5) is 13.2 Å². The second-order valence-electron chi connectivity index (χ2n) is 5.24. The molecule has 0 amide bonds. The van der Waals surface area contributed by atoms with Crippen molar-refractivity contribution >= 4 is 5.97 Å². The Labute approximate surface area is 139 Å². The van der Waals surface area contributed by atoms with Crippen LogP contribution >= 0.6 is 0 Å². The standard InChI is InChI=1S/C16H11F3N4O2/c1-9-6-13(23-7-12(15(24)25)20-8-23)22-14(21-9)10-2-4-11(5-3-10)16(17,18)19/h2-8H,1H3,(H,24,25). The van der Waals surface area contributed by atoms with E-state index in [-0.39, 0.29) is 11.5 Å². The van der Waals surface area contributed by atoms with Gasteiger partial charge in [-0.05, 0) is 19.1 Å². The molecule has 0 aliphatic heterocycles. The molecule has 0 unspecified atom stereocenters. The van der Waals surface area contributed by atoms with Gasteiger partial charge in [-0.2, -0.15) is 13.2 Å². The van der Waals surface area contributed by atoms with E-state index in [1.807, 2.05) is 0 Å². The normalized spacial score (nSPS) is 11.5. The molecule has 3 rings (SSSR count). The lowest BCUT2D eigenvalue weighted by Gasteiger charge is -2.09. The number of rotatable bonds is 3. The summed E-state index contributed by atoms with van der Waals surface area (Å²) in [6, 6.07) is 6.11. The average molecular weight is 348 g/mol. The van der Waals surface area contributed by atoms with Crippen molar-refractivity contribution in [2.24, 2.45) is 0 Å². The second kappa shape index (κ2) is 6.00. The summed E-state index contributed by atoms with van der Waals surface area (Å²) in [6.07, 6.45) is -1.83. The number of nitrogens with zero attached hydrogens (tertiary/aromatic N) is 4. The highest BCUT2D eigenvalue weighted by Crippen LogP contribution is 2.30. The van der Waals surface area contributed by atoms with Gasteiger partial charge < -0.3 is 5.11 Å². The van der Waals surface area contributed by atoms with Gasteiger partial charge in [0, 0.05) is 23.5 Å². The summed E-state index contributed by atoms with van der Waals surface area (Å²) in [5, 5.41) is 8.92. The molecule has 1 aromatic carbocycles. The number of aromatic carboxylic acids is 1. The molecule has 0 bridgehead atoms. The first-order chi connectivity index (χ1) is 11.7. The maximum atomic E-state index is 12.6. The van der Waals surface area contributed by atoms with E-state index in [2.05, 4.69) is 15.0 Å². The van der Waals surface area contributed by atoms with Crippen molar-refractivity contribution in [2.75, 3.05) is 0 Å². The molecule has 0 aliphatic carbocycles. The quantitative estimate of drug-likeness (QED) is 0.785. The summed E-state index contributed by atoms with van der Waals surface area (Å²) in [5.41, 5.74) is 0.0826. The highest BCUT2D eigenvalue weighted by molar-refractivity contribution is 5.85. The second-order valence-corrected chi connectivity index (χ2v) is 5.24. The van der Waals surface area contributed by atoms with Gasteiger partial charge in [0.05, 0.1) is 5.56 Å². The molecule has 2 aromatic heterocycles. The van der Waals surface area contributed by atoms with Gasteiger partial charge in [0.1, 0.15) is 12.1 Å². The molecule has 9 heteroatoms. The molecule has 0 aliphatic rings. The number of aromatic nitrogens is 4. The molecule has 0 radical (unpaired) electrons. The molecule has 128 valence electrons. The summed E-state index contributed by atoms with van der Waals surface area (Å²) in [5.74, 6) is -0.579. The monoisotopic (exact) mass is 348 g/mol. The number of hydrogen-bond acceptors (Lipinski definition) is 4. The van der Waals surface area contributed by atoms with Crippen molar-refractivity contribution in [1.82, 2.24) is 19.5 Å². The van der Waals surface area contributed by atoms with Crippen LogP contribution in [0, 0.1) is 6.92 Å². The zero-order valence-electron chi connectivity index (χ0n) is 12.8. The first-order valence-electron chi connectivity index (χ1n) is 7.05. The predicted octanol–water partition coefficient (Wildman–Crippen LogP) is 3.35. The number of imidazole rings is 1. The maximum absolute atomic E-state index is 12.6. The molecule has 1 N–H and O–H groups in total. The van der Waals surface area contributed by atoms with E-state index in [1.54, 1.807) is 13.0 Å². The van der Waals surface area contributed by atoms with Crippen LogP contribution in [-0.4, -0.2) is 30.6 Å². The summed E-state index contributed by atoms with van der Waals surface area (Å²) in [4.78, 5) is 23.2. The third kappa shape index (κ3) is 3.49. The number of carboxylic acid groups (broad SMARTS) is 1. The van der Waals surface area contributed by atoms with Crippen LogP contribution in [0.5, 0.6) is 0 Å². The highest BCUT2D eigenvalue weighted by Gasteiger charge is 2.30. The van der Waals surface area contributed by atoms with Crippen LogP contribution in [0.2, 0.25) is 0 Å². The minimum absolute atomic E-state index is 0.146. The fourth-order valence-corrected chi connectivity index (χ4v) is 2.18. The molecule has 2 heterocycles. The van der Waals surface area contributed by atoms with E-state index in [1.165, 1.54) is 29.2 Å². The lowest BCUT2D eigenvalue weighted by Crippen LogP contribution is -2.05. The minimum atomic E-state index is -4.42. The van der Waals surface area contributed by atoms with E-state index in [0.717, 1.165) is 12.1 Å². The van der Waals surface area contributed by atoms with Crippen LogP contribution < -0.4 is 0 Å². The molecule has 0 spiro atoms. The van der Waals surface area contributed by atoms with Crippen molar-refractivity contribution in [1.29, 1.82) is 0 Å². The Morgan fingerprint density at radius 1 is 1.16 bits per heavy atom. The van der Waals surface area contributed by atoms with Crippen LogP contribution in [0.3, 0.4) is 0 Å². The average Bonchev–Trinajstić information content (AvgIpc) is 3.04. The van der Waals surface area contributed by atoms with E-state index in [9.17, 15) is 18.0 Å². The summed E-state index contributed by atoms with van der Waals surface area (Å²) >= 11 is 0. The van der Waals surface area contributed by atoms with Gasteiger partial charge in [0.2, 0.25) is 0 Å². The van der Waals surface area contributed by atoms with Crippen molar-refractivity contribution in [3.05, 3.63) is 59.8 Å². The van der Waals surface area contributed by atoms with E-state index < -0.39 is 17.7 Å². The lowest BCUT2D eigenvalue weighted by molar-refractivity contribution is -0.137. The minimum Gasteiger partial charge on any atom is -0.476 e. The van der Waals surface area contributed by atoms with Gasteiger partial charge in [-0.15, -0.1) is 0 Å². The number of benzene rings is 1. The number of carboxylic acids is 1. The fourth-order valence-electron chi connectivity index (χ4n) is 2.18. The van der Waals surface area contributed by atoms with Gasteiger partial charge in [0.15, 0.2) is 11.5 Å². The molecule has 0 saturated carbocycles. The summed E-state index contributed by atoms with van der Waals surface area (Å²) in [7, 11) is 0. The third-order valence-electron chi connectivity index (χ3n) is 3.38. The van der Waals surface area contributed by atoms with E-state index >= 15 is 0 Å². The molecular formula is C16H11F3N4O2. The smallest absolute Gasteiger partial charge is 0.416 e. The predicted molar refractivity (Wildman–Crippen MR) is 81.3 cm³/mol. The van der Waals surface area contributed by atoms with Crippen LogP contribution in [0.25, 0.3) is 17.2 Å².